The van der Waals surface area contributed by atoms with E-state index in [1.165, 1.54) is 11.3 Å². The second-order valence-corrected chi connectivity index (χ2v) is 7.02. The molecule has 1 amide bonds. The highest BCUT2D eigenvalue weighted by atomic mass is 35.5. The third kappa shape index (κ3) is 5.48. The van der Waals surface area contributed by atoms with Gasteiger partial charge in [-0.3, -0.25) is 4.79 Å². The number of nitrogens with zero attached hydrogens (tertiary/aromatic N) is 1. The Labute approximate surface area is 175 Å². The first-order valence-electron chi connectivity index (χ1n) is 8.33. The van der Waals surface area contributed by atoms with Crippen molar-refractivity contribution in [2.24, 2.45) is 0 Å². The third-order valence-corrected chi connectivity index (χ3v) is 5.47. The third-order valence-electron chi connectivity index (χ3n) is 4.27. The summed E-state index contributed by atoms with van der Waals surface area (Å²) in [4.78, 5) is 17.8. The summed E-state index contributed by atoms with van der Waals surface area (Å²) in [6.07, 6.45) is 2.10. The van der Waals surface area contributed by atoms with Gasteiger partial charge in [-0.05, 0) is 44.5 Å². The van der Waals surface area contributed by atoms with Gasteiger partial charge in [0.25, 0.3) is 5.91 Å². The molecule has 2 heterocycles. The van der Waals surface area contributed by atoms with E-state index >= 15 is 0 Å². The monoisotopic (exact) mass is 433 g/mol. The number of hydrogen-bond acceptors (Lipinski definition) is 6. The van der Waals surface area contributed by atoms with E-state index in [1.807, 2.05) is 25.1 Å². The fourth-order valence-electron chi connectivity index (χ4n) is 2.93. The van der Waals surface area contributed by atoms with Crippen molar-refractivity contribution in [2.45, 2.75) is 25.8 Å². The predicted molar refractivity (Wildman–Crippen MR) is 113 cm³/mol. The van der Waals surface area contributed by atoms with Crippen LogP contribution < -0.4 is 20.1 Å². The minimum atomic E-state index is -0.0459. The van der Waals surface area contributed by atoms with Crippen LogP contribution in [-0.4, -0.2) is 44.2 Å². The zero-order chi connectivity index (χ0) is 17.8. The van der Waals surface area contributed by atoms with E-state index in [1.54, 1.807) is 14.2 Å². The van der Waals surface area contributed by atoms with Gasteiger partial charge in [0, 0.05) is 18.2 Å². The summed E-state index contributed by atoms with van der Waals surface area (Å²) in [5, 5.41) is 7.21. The zero-order valence-corrected chi connectivity index (χ0v) is 18.0. The van der Waals surface area contributed by atoms with E-state index < -0.39 is 0 Å². The summed E-state index contributed by atoms with van der Waals surface area (Å²) in [6.45, 7) is 3.72. The molecule has 6 nitrogen and oxygen atoms in total. The largest absolute Gasteiger partial charge is 0.493 e. The molecule has 1 unspecified atom stereocenters. The van der Waals surface area contributed by atoms with Crippen LogP contribution in [0.2, 0.25) is 0 Å². The summed E-state index contributed by atoms with van der Waals surface area (Å²) in [5.74, 6) is 1.27. The average molecular weight is 434 g/mol. The molecule has 1 atom stereocenters. The standard InChI is InChI=1S/C18H23N3O3S.2ClH/c1-11-16(17(22)21-13-5-4-8-19-10-13)25-18(20-11)12-6-7-14(23-2)15(9-12)24-3;;/h6-7,9,13,19H,4-5,8,10H2,1-3H3,(H,21,22);2*1H. The minimum Gasteiger partial charge on any atom is -0.493 e. The number of piperidine rings is 1. The quantitative estimate of drug-likeness (QED) is 0.754. The number of aryl methyl sites for hydroxylation is 1. The van der Waals surface area contributed by atoms with Crippen LogP contribution >= 0.6 is 36.2 Å². The molecule has 9 heteroatoms. The van der Waals surface area contributed by atoms with Gasteiger partial charge < -0.3 is 20.1 Å². The Morgan fingerprint density at radius 2 is 2.00 bits per heavy atom. The molecule has 0 bridgehead atoms. The number of aromatic nitrogens is 1. The first kappa shape index (κ1) is 23.5. The summed E-state index contributed by atoms with van der Waals surface area (Å²) >= 11 is 1.40. The van der Waals surface area contributed by atoms with Crippen LogP contribution in [0.15, 0.2) is 18.2 Å². The highest BCUT2D eigenvalue weighted by Gasteiger charge is 2.21. The van der Waals surface area contributed by atoms with Gasteiger partial charge in [-0.2, -0.15) is 0 Å². The fourth-order valence-corrected chi connectivity index (χ4v) is 3.89. The molecule has 1 saturated heterocycles. The number of methoxy groups -OCH3 is 2. The topological polar surface area (TPSA) is 72.5 Å². The SMILES string of the molecule is COc1ccc(-c2nc(C)c(C(=O)NC3CCCNC3)s2)cc1OC.Cl.Cl. The molecule has 0 radical (unpaired) electrons. The molecule has 2 N–H and O–H groups in total. The van der Waals surface area contributed by atoms with Crippen molar-refractivity contribution in [3.63, 3.8) is 0 Å². The van der Waals surface area contributed by atoms with E-state index in [0.717, 1.165) is 42.2 Å². The second-order valence-electron chi connectivity index (χ2n) is 6.02. The number of carbonyl (C=O) groups is 1. The Balaban J connectivity index is 0.00000182. The molecule has 3 rings (SSSR count). The van der Waals surface area contributed by atoms with Crippen LogP contribution in [0, 0.1) is 6.92 Å². The lowest BCUT2D eigenvalue weighted by Gasteiger charge is -2.23. The van der Waals surface area contributed by atoms with Crippen LogP contribution in [0.1, 0.15) is 28.2 Å². The molecule has 1 aromatic heterocycles. The van der Waals surface area contributed by atoms with Crippen molar-refractivity contribution in [1.29, 1.82) is 0 Å². The summed E-state index contributed by atoms with van der Waals surface area (Å²) in [7, 11) is 3.21. The number of rotatable bonds is 5. The maximum Gasteiger partial charge on any atom is 0.263 e. The van der Waals surface area contributed by atoms with Crippen LogP contribution in [0.3, 0.4) is 0 Å². The highest BCUT2D eigenvalue weighted by molar-refractivity contribution is 7.17. The normalized spacial score (nSPS) is 15.9. The molecule has 27 heavy (non-hydrogen) atoms. The highest BCUT2D eigenvalue weighted by Crippen LogP contribution is 2.35. The molecule has 0 spiro atoms. The lowest BCUT2D eigenvalue weighted by molar-refractivity contribution is 0.0934. The number of nitrogens with one attached hydrogen (secondary N) is 2. The van der Waals surface area contributed by atoms with Gasteiger partial charge in [0.1, 0.15) is 9.88 Å². The number of hydrogen-bond donors (Lipinski definition) is 2. The second kappa shape index (κ2) is 10.7. The van der Waals surface area contributed by atoms with Gasteiger partial charge in [-0.25, -0.2) is 4.98 Å². The Bertz CT molecular complexity index is 764. The van der Waals surface area contributed by atoms with Gasteiger partial charge in [-0.1, -0.05) is 0 Å². The van der Waals surface area contributed by atoms with Crippen LogP contribution in [0.25, 0.3) is 10.6 Å². The Morgan fingerprint density at radius 1 is 1.26 bits per heavy atom. The van der Waals surface area contributed by atoms with Gasteiger partial charge in [0.2, 0.25) is 0 Å². The average Bonchev–Trinajstić information content (AvgIpc) is 3.03. The summed E-state index contributed by atoms with van der Waals surface area (Å²) in [6, 6.07) is 5.83. The lowest BCUT2D eigenvalue weighted by Crippen LogP contribution is -2.45. The van der Waals surface area contributed by atoms with Gasteiger partial charge in [0.15, 0.2) is 11.5 Å². The van der Waals surface area contributed by atoms with E-state index in [4.69, 9.17) is 9.47 Å². The van der Waals surface area contributed by atoms with Crippen molar-refractivity contribution >= 4 is 42.1 Å². The number of amides is 1. The van der Waals surface area contributed by atoms with Crippen LogP contribution in [0.4, 0.5) is 0 Å². The van der Waals surface area contributed by atoms with Crippen LogP contribution in [0.5, 0.6) is 11.5 Å². The molecule has 1 aliphatic heterocycles. The smallest absolute Gasteiger partial charge is 0.263 e. The number of ether oxygens (including phenoxy) is 2. The fraction of sp³-hybridized carbons (Fsp3) is 0.444. The van der Waals surface area contributed by atoms with E-state index in [2.05, 4.69) is 15.6 Å². The van der Waals surface area contributed by atoms with E-state index in [9.17, 15) is 4.79 Å². The zero-order valence-electron chi connectivity index (χ0n) is 15.5. The summed E-state index contributed by atoms with van der Waals surface area (Å²) < 4.78 is 10.6. The maximum absolute atomic E-state index is 12.6. The molecular formula is C18H25Cl2N3O3S. The number of halogens is 2. The van der Waals surface area contributed by atoms with Crippen molar-refractivity contribution in [3.8, 4) is 22.1 Å². The van der Waals surface area contributed by atoms with E-state index in [-0.39, 0.29) is 36.8 Å². The summed E-state index contributed by atoms with van der Waals surface area (Å²) in [5.41, 5.74) is 1.65. The maximum atomic E-state index is 12.6. The van der Waals surface area contributed by atoms with E-state index in [0.29, 0.717) is 16.4 Å². The van der Waals surface area contributed by atoms with Gasteiger partial charge >= 0.3 is 0 Å². The molecule has 1 fully saturated rings. The molecule has 0 saturated carbocycles. The van der Waals surface area contributed by atoms with Crippen LogP contribution in [-0.2, 0) is 0 Å². The van der Waals surface area contributed by atoms with Gasteiger partial charge in [-0.15, -0.1) is 36.2 Å². The first-order valence-corrected chi connectivity index (χ1v) is 9.15. The lowest BCUT2D eigenvalue weighted by atomic mass is 10.1. The molecule has 1 aromatic carbocycles. The van der Waals surface area contributed by atoms with Crippen molar-refractivity contribution in [2.75, 3.05) is 27.3 Å². The number of benzene rings is 1. The number of thiazole rings is 1. The van der Waals surface area contributed by atoms with Crippen molar-refractivity contribution in [1.82, 2.24) is 15.6 Å². The molecule has 1 aliphatic rings. The van der Waals surface area contributed by atoms with Gasteiger partial charge in [0.05, 0.1) is 19.9 Å². The minimum absolute atomic E-state index is 0. The Kier molecular flexibility index (Phi) is 9.32. The van der Waals surface area contributed by atoms with Crippen molar-refractivity contribution < 1.29 is 14.3 Å². The molecular weight excluding hydrogens is 409 g/mol. The number of carbonyl (C=O) groups excluding carboxylic acids is 1. The molecule has 2 aromatic rings. The first-order chi connectivity index (χ1) is 12.1. The predicted octanol–water partition coefficient (Wildman–Crippen LogP) is 3.46. The van der Waals surface area contributed by atoms with Crippen molar-refractivity contribution in [3.05, 3.63) is 28.8 Å². The molecule has 150 valence electrons. The Morgan fingerprint density at radius 3 is 2.63 bits per heavy atom. The molecule has 0 aliphatic carbocycles. The Hall–Kier alpha value is -1.54.